The molecule has 4 heteroatoms. The molecular formula is C15H25BrN2O. The van der Waals surface area contributed by atoms with E-state index in [0.717, 1.165) is 43.5 Å². The largest absolute Gasteiger partial charge is 0.396 e. The molecule has 1 aromatic carbocycles. The van der Waals surface area contributed by atoms with E-state index in [1.54, 1.807) is 0 Å². The molecule has 0 spiro atoms. The van der Waals surface area contributed by atoms with Crippen LogP contribution < -0.4 is 10.2 Å². The van der Waals surface area contributed by atoms with E-state index < -0.39 is 0 Å². The number of anilines is 1. The first kappa shape index (κ1) is 16.5. The number of aliphatic hydroxyl groups excluding tert-OH is 1. The quantitative estimate of drug-likeness (QED) is 0.683. The van der Waals surface area contributed by atoms with E-state index in [1.165, 1.54) is 11.3 Å². The molecule has 1 aromatic rings. The minimum absolute atomic E-state index is 0.247. The van der Waals surface area contributed by atoms with Crippen molar-refractivity contribution in [2.75, 3.05) is 31.1 Å². The van der Waals surface area contributed by atoms with Crippen LogP contribution in [0.4, 0.5) is 5.69 Å². The Hall–Kier alpha value is -0.580. The molecule has 0 unspecified atom stereocenters. The van der Waals surface area contributed by atoms with Crippen LogP contribution in [0.15, 0.2) is 22.7 Å². The summed E-state index contributed by atoms with van der Waals surface area (Å²) in [6, 6.07) is 6.50. The monoisotopic (exact) mass is 328 g/mol. The van der Waals surface area contributed by atoms with Crippen molar-refractivity contribution >= 4 is 21.6 Å². The molecule has 0 aliphatic carbocycles. The molecule has 0 aromatic heterocycles. The second kappa shape index (κ2) is 9.34. The van der Waals surface area contributed by atoms with Crippen molar-refractivity contribution in [2.45, 2.75) is 33.2 Å². The fraction of sp³-hybridized carbons (Fsp3) is 0.600. The van der Waals surface area contributed by atoms with Crippen LogP contribution in [0.25, 0.3) is 0 Å². The van der Waals surface area contributed by atoms with Gasteiger partial charge in [-0.2, -0.15) is 0 Å². The highest BCUT2D eigenvalue weighted by Gasteiger charge is 2.07. The first-order valence-electron chi connectivity index (χ1n) is 7.07. The van der Waals surface area contributed by atoms with Crippen molar-refractivity contribution in [3.05, 3.63) is 28.2 Å². The van der Waals surface area contributed by atoms with E-state index in [2.05, 4.69) is 58.2 Å². The zero-order valence-corrected chi connectivity index (χ0v) is 13.5. The summed E-state index contributed by atoms with van der Waals surface area (Å²) in [5.41, 5.74) is 2.50. The Morgan fingerprint density at radius 3 is 2.68 bits per heavy atom. The summed E-state index contributed by atoms with van der Waals surface area (Å²) in [6.07, 6.45) is 1.96. The van der Waals surface area contributed by atoms with Crippen molar-refractivity contribution in [1.29, 1.82) is 0 Å². The summed E-state index contributed by atoms with van der Waals surface area (Å²) in [4.78, 5) is 2.28. The second-order valence-corrected chi connectivity index (χ2v) is 5.46. The van der Waals surface area contributed by atoms with Gasteiger partial charge in [0.1, 0.15) is 0 Å². The van der Waals surface area contributed by atoms with Gasteiger partial charge in [0.25, 0.3) is 0 Å². The summed E-state index contributed by atoms with van der Waals surface area (Å²) < 4.78 is 1.15. The molecule has 0 radical (unpaired) electrons. The maximum atomic E-state index is 8.93. The minimum Gasteiger partial charge on any atom is -0.396 e. The Kier molecular flexibility index (Phi) is 8.10. The predicted octanol–water partition coefficient (Wildman–Crippen LogP) is 3.16. The fourth-order valence-electron chi connectivity index (χ4n) is 2.01. The number of rotatable bonds is 9. The molecule has 0 aliphatic rings. The van der Waals surface area contributed by atoms with Gasteiger partial charge in [0.05, 0.1) is 0 Å². The van der Waals surface area contributed by atoms with Crippen LogP contribution in [0, 0.1) is 0 Å². The van der Waals surface area contributed by atoms with E-state index in [9.17, 15) is 0 Å². The average molecular weight is 329 g/mol. The minimum atomic E-state index is 0.247. The van der Waals surface area contributed by atoms with Crippen LogP contribution in [-0.4, -0.2) is 31.3 Å². The molecule has 0 atom stereocenters. The molecule has 2 N–H and O–H groups in total. The van der Waals surface area contributed by atoms with Gasteiger partial charge in [-0.1, -0.05) is 28.9 Å². The molecule has 0 saturated heterocycles. The topological polar surface area (TPSA) is 35.5 Å². The van der Waals surface area contributed by atoms with Crippen molar-refractivity contribution in [3.63, 3.8) is 0 Å². The lowest BCUT2D eigenvalue weighted by Crippen LogP contribution is -2.24. The molecule has 0 fully saturated rings. The third kappa shape index (κ3) is 5.51. The highest BCUT2D eigenvalue weighted by molar-refractivity contribution is 9.10. The van der Waals surface area contributed by atoms with Crippen LogP contribution >= 0.6 is 15.9 Å². The highest BCUT2D eigenvalue weighted by atomic mass is 79.9. The Balaban J connectivity index is 2.68. The number of halogens is 1. The normalized spacial score (nSPS) is 10.7. The van der Waals surface area contributed by atoms with Crippen molar-refractivity contribution in [2.24, 2.45) is 0 Å². The molecule has 0 bridgehead atoms. The molecule has 0 heterocycles. The van der Waals surface area contributed by atoms with Gasteiger partial charge in [-0.3, -0.25) is 0 Å². The van der Waals surface area contributed by atoms with Gasteiger partial charge in [0.2, 0.25) is 0 Å². The maximum Gasteiger partial charge on any atom is 0.0447 e. The molecule has 0 aliphatic heterocycles. The van der Waals surface area contributed by atoms with E-state index in [0.29, 0.717) is 0 Å². The molecule has 0 amide bonds. The van der Waals surface area contributed by atoms with Crippen LogP contribution in [0.5, 0.6) is 0 Å². The smallest absolute Gasteiger partial charge is 0.0447 e. The fourth-order valence-corrected chi connectivity index (χ4v) is 2.51. The zero-order chi connectivity index (χ0) is 14.1. The van der Waals surface area contributed by atoms with Crippen LogP contribution in [0.2, 0.25) is 0 Å². The second-order valence-electron chi connectivity index (χ2n) is 4.61. The van der Waals surface area contributed by atoms with E-state index in [-0.39, 0.29) is 6.61 Å². The first-order chi connectivity index (χ1) is 9.22. The van der Waals surface area contributed by atoms with Gasteiger partial charge in [-0.25, -0.2) is 0 Å². The Morgan fingerprint density at radius 2 is 2.11 bits per heavy atom. The van der Waals surface area contributed by atoms with Gasteiger partial charge < -0.3 is 15.3 Å². The summed E-state index contributed by atoms with van der Waals surface area (Å²) in [7, 11) is 0. The van der Waals surface area contributed by atoms with Crippen LogP contribution in [0.3, 0.4) is 0 Å². The van der Waals surface area contributed by atoms with Gasteiger partial charge in [-0.05, 0) is 44.0 Å². The molecule has 108 valence electrons. The summed E-state index contributed by atoms with van der Waals surface area (Å²) in [6.45, 7) is 8.36. The highest BCUT2D eigenvalue weighted by Crippen LogP contribution is 2.24. The number of aliphatic hydroxyl groups is 1. The Labute approximate surface area is 125 Å². The zero-order valence-electron chi connectivity index (χ0n) is 12.0. The number of benzene rings is 1. The third-order valence-corrected chi connectivity index (χ3v) is 3.85. The number of nitrogens with one attached hydrogen (secondary N) is 1. The van der Waals surface area contributed by atoms with E-state index in [1.807, 2.05) is 0 Å². The van der Waals surface area contributed by atoms with E-state index in [4.69, 9.17) is 5.11 Å². The van der Waals surface area contributed by atoms with Crippen molar-refractivity contribution < 1.29 is 5.11 Å². The van der Waals surface area contributed by atoms with Gasteiger partial charge in [-0.15, -0.1) is 0 Å². The summed E-state index contributed by atoms with van der Waals surface area (Å²) in [5, 5.41) is 12.3. The van der Waals surface area contributed by atoms with Gasteiger partial charge in [0, 0.05) is 36.4 Å². The van der Waals surface area contributed by atoms with Gasteiger partial charge >= 0.3 is 0 Å². The summed E-state index contributed by atoms with van der Waals surface area (Å²) >= 11 is 3.65. The predicted molar refractivity (Wildman–Crippen MR) is 85.7 cm³/mol. The van der Waals surface area contributed by atoms with Crippen molar-refractivity contribution in [3.8, 4) is 0 Å². The lowest BCUT2D eigenvalue weighted by Gasteiger charge is -2.23. The number of nitrogens with zero attached hydrogens (tertiary/aromatic N) is 1. The molecule has 0 saturated carbocycles. The van der Waals surface area contributed by atoms with Crippen LogP contribution in [-0.2, 0) is 6.54 Å². The standard InChI is InChI=1S/C15H25BrN2O/c1-3-8-17-12-13-6-7-14(11-15(13)16)18(4-2)9-5-10-19/h6-7,11,17,19H,3-5,8-10,12H2,1-2H3. The SMILES string of the molecule is CCCNCc1ccc(N(CC)CCCO)cc1Br. The third-order valence-electron chi connectivity index (χ3n) is 3.11. The van der Waals surface area contributed by atoms with Crippen LogP contribution in [0.1, 0.15) is 32.3 Å². The molecule has 1 rings (SSSR count). The maximum absolute atomic E-state index is 8.93. The lowest BCUT2D eigenvalue weighted by atomic mass is 10.2. The van der Waals surface area contributed by atoms with E-state index >= 15 is 0 Å². The van der Waals surface area contributed by atoms with Crippen molar-refractivity contribution in [1.82, 2.24) is 5.32 Å². The number of hydrogen-bond donors (Lipinski definition) is 2. The first-order valence-corrected chi connectivity index (χ1v) is 7.87. The average Bonchev–Trinajstić information content (AvgIpc) is 2.42. The van der Waals surface area contributed by atoms with Gasteiger partial charge in [0.15, 0.2) is 0 Å². The Morgan fingerprint density at radius 1 is 1.32 bits per heavy atom. The number of hydrogen-bond acceptors (Lipinski definition) is 3. The lowest BCUT2D eigenvalue weighted by molar-refractivity contribution is 0.289. The Bertz CT molecular complexity index is 371. The molecule has 19 heavy (non-hydrogen) atoms. The molecule has 3 nitrogen and oxygen atoms in total. The summed E-state index contributed by atoms with van der Waals surface area (Å²) in [5.74, 6) is 0. The molecular weight excluding hydrogens is 304 g/mol.